The molecule has 1 N–H and O–H groups in total. The zero-order valence-corrected chi connectivity index (χ0v) is 19.5. The third kappa shape index (κ3) is 2.20. The van der Waals surface area contributed by atoms with Gasteiger partial charge in [0.15, 0.2) is 11.5 Å². The number of para-hydroxylation sites is 4. The van der Waals surface area contributed by atoms with Crippen LogP contribution in [0.5, 0.6) is 11.5 Å². The van der Waals surface area contributed by atoms with Crippen LogP contribution in [0.25, 0.3) is 5.57 Å². The lowest BCUT2D eigenvalue weighted by molar-refractivity contribution is 0.473. The van der Waals surface area contributed by atoms with E-state index in [1.54, 1.807) is 0 Å². The summed E-state index contributed by atoms with van der Waals surface area (Å²) in [5.74, 6) is 1.80. The van der Waals surface area contributed by atoms with Crippen LogP contribution in [-0.4, -0.2) is 13.1 Å². The molecule has 4 aromatic carbocycles. The van der Waals surface area contributed by atoms with Gasteiger partial charge >= 0.3 is 0 Å². The van der Waals surface area contributed by atoms with Crippen LogP contribution in [0.2, 0.25) is 0 Å². The van der Waals surface area contributed by atoms with Crippen LogP contribution in [0.4, 0.5) is 17.1 Å². The molecular formula is C32H24N2O. The van der Waals surface area contributed by atoms with E-state index in [4.69, 9.17) is 4.74 Å². The molecule has 0 bridgehead atoms. The zero-order valence-electron chi connectivity index (χ0n) is 19.5. The molecule has 0 saturated heterocycles. The second-order valence-electron chi connectivity index (χ2n) is 9.68. The Morgan fingerprint density at radius 2 is 1.49 bits per heavy atom. The summed E-state index contributed by atoms with van der Waals surface area (Å²) in [6.45, 7) is 0. The summed E-state index contributed by atoms with van der Waals surface area (Å²) in [4.78, 5) is 2.41. The van der Waals surface area contributed by atoms with Crippen LogP contribution in [-0.2, 0) is 5.41 Å². The van der Waals surface area contributed by atoms with Gasteiger partial charge in [0.2, 0.25) is 0 Å². The Hall–Kier alpha value is -4.08. The Balaban J connectivity index is 1.56. The Kier molecular flexibility index (Phi) is 3.71. The monoisotopic (exact) mass is 452 g/mol. The first-order chi connectivity index (χ1) is 17.3. The number of nitrogens with zero attached hydrogens (tertiary/aromatic N) is 1. The molecule has 0 radical (unpaired) electrons. The number of fused-ring (bicyclic) bond motifs is 10. The molecule has 0 aromatic heterocycles. The molecule has 3 nitrogen and oxygen atoms in total. The highest BCUT2D eigenvalue weighted by Crippen LogP contribution is 2.66. The van der Waals surface area contributed by atoms with Gasteiger partial charge in [0.05, 0.1) is 22.5 Å². The second-order valence-corrected chi connectivity index (χ2v) is 9.68. The standard InChI is InChI=1S/C32H24N2O/c1-33-25-15-8-13-23-30(25)20-10-2-3-11-21(20)32(23)22-12-4-5-16-26(22)34-27-17-6-7-18-28(27)35-29-19-9-14-24(32)31(29)34/h2-14,16-19,25,33H,15H2,1H3. The minimum absolute atomic E-state index is 0.289. The Morgan fingerprint density at radius 1 is 0.771 bits per heavy atom. The van der Waals surface area contributed by atoms with E-state index in [0.29, 0.717) is 0 Å². The summed E-state index contributed by atoms with van der Waals surface area (Å²) in [5.41, 5.74) is 11.2. The van der Waals surface area contributed by atoms with Crippen LogP contribution >= 0.6 is 0 Å². The molecule has 4 aromatic rings. The summed E-state index contributed by atoms with van der Waals surface area (Å²) < 4.78 is 6.52. The van der Waals surface area contributed by atoms with Gasteiger partial charge in [0.25, 0.3) is 0 Å². The van der Waals surface area contributed by atoms with Gasteiger partial charge in [0, 0.05) is 6.04 Å². The molecule has 2 atom stereocenters. The highest BCUT2D eigenvalue weighted by atomic mass is 16.5. The second kappa shape index (κ2) is 6.74. The highest BCUT2D eigenvalue weighted by Gasteiger charge is 2.54. The van der Waals surface area contributed by atoms with Gasteiger partial charge in [-0.3, -0.25) is 0 Å². The van der Waals surface area contributed by atoms with Crippen LogP contribution in [0.1, 0.15) is 28.7 Å². The van der Waals surface area contributed by atoms with Crippen LogP contribution in [0, 0.1) is 0 Å². The van der Waals surface area contributed by atoms with Crippen molar-refractivity contribution >= 4 is 22.6 Å². The number of likely N-dealkylation sites (N-methyl/N-ethyl adjacent to an activating group) is 1. The molecule has 1 spiro atoms. The van der Waals surface area contributed by atoms with Gasteiger partial charge in [-0.1, -0.05) is 78.9 Å². The van der Waals surface area contributed by atoms with Gasteiger partial charge in [-0.2, -0.15) is 0 Å². The Labute approximate surface area is 205 Å². The average molecular weight is 453 g/mol. The maximum absolute atomic E-state index is 6.52. The van der Waals surface area contributed by atoms with Crippen LogP contribution in [0.3, 0.4) is 0 Å². The smallest absolute Gasteiger partial charge is 0.151 e. The number of allylic oxidation sites excluding steroid dienone is 2. The SMILES string of the molecule is CNC1CC=CC2=C1c1ccccc1C21c2ccccc2N2c3ccccc3Oc3cccc1c32. The van der Waals surface area contributed by atoms with Gasteiger partial charge in [-0.05, 0) is 71.1 Å². The van der Waals surface area contributed by atoms with E-state index < -0.39 is 5.41 Å². The molecule has 0 amide bonds. The zero-order chi connectivity index (χ0) is 23.1. The number of ether oxygens (including phenoxy) is 1. The van der Waals surface area contributed by atoms with E-state index in [2.05, 4.69) is 114 Å². The van der Waals surface area contributed by atoms with E-state index in [0.717, 1.165) is 29.3 Å². The lowest BCUT2D eigenvalue weighted by Crippen LogP contribution is -2.38. The fourth-order valence-electron chi connectivity index (χ4n) is 6.90. The first kappa shape index (κ1) is 19.2. The fraction of sp³-hybridized carbons (Fsp3) is 0.125. The minimum atomic E-state index is -0.397. The molecule has 2 heterocycles. The number of rotatable bonds is 1. The van der Waals surface area contributed by atoms with Crippen LogP contribution < -0.4 is 15.0 Å². The van der Waals surface area contributed by atoms with Crippen molar-refractivity contribution in [1.82, 2.24) is 5.32 Å². The molecule has 0 saturated carbocycles. The topological polar surface area (TPSA) is 24.5 Å². The van der Waals surface area contributed by atoms with Crippen molar-refractivity contribution in [3.63, 3.8) is 0 Å². The minimum Gasteiger partial charge on any atom is -0.453 e. The summed E-state index contributed by atoms with van der Waals surface area (Å²) in [6, 6.07) is 33.1. The van der Waals surface area contributed by atoms with E-state index in [-0.39, 0.29) is 6.04 Å². The molecule has 35 heavy (non-hydrogen) atoms. The Bertz CT molecular complexity index is 1610. The molecular weight excluding hydrogens is 428 g/mol. The largest absolute Gasteiger partial charge is 0.453 e. The maximum atomic E-state index is 6.52. The number of hydrogen-bond acceptors (Lipinski definition) is 3. The predicted octanol–water partition coefficient (Wildman–Crippen LogP) is 7.23. The van der Waals surface area contributed by atoms with Crippen molar-refractivity contribution in [2.24, 2.45) is 0 Å². The normalized spacial score (nSPS) is 22.2. The summed E-state index contributed by atoms with van der Waals surface area (Å²) in [6.07, 6.45) is 5.72. The third-order valence-electron chi connectivity index (χ3n) is 8.17. The molecule has 2 unspecified atom stereocenters. The molecule has 0 fully saturated rings. The fourth-order valence-corrected chi connectivity index (χ4v) is 6.90. The summed E-state index contributed by atoms with van der Waals surface area (Å²) >= 11 is 0. The number of anilines is 3. The van der Waals surface area contributed by atoms with E-state index in [1.807, 2.05) is 6.07 Å². The molecule has 2 aliphatic heterocycles. The van der Waals surface area contributed by atoms with Crippen molar-refractivity contribution in [2.75, 3.05) is 11.9 Å². The van der Waals surface area contributed by atoms with Crippen molar-refractivity contribution in [2.45, 2.75) is 17.9 Å². The highest BCUT2D eigenvalue weighted by molar-refractivity contribution is 6.00. The van der Waals surface area contributed by atoms with E-state index in [9.17, 15) is 0 Å². The first-order valence-electron chi connectivity index (χ1n) is 12.3. The van der Waals surface area contributed by atoms with Gasteiger partial charge in [-0.15, -0.1) is 0 Å². The van der Waals surface area contributed by atoms with Crippen molar-refractivity contribution in [1.29, 1.82) is 0 Å². The van der Waals surface area contributed by atoms with E-state index in [1.165, 1.54) is 39.1 Å². The number of benzene rings is 4. The quantitative estimate of drug-likeness (QED) is 0.290. The van der Waals surface area contributed by atoms with Gasteiger partial charge in [0.1, 0.15) is 0 Å². The number of hydrogen-bond donors (Lipinski definition) is 1. The molecule has 168 valence electrons. The number of nitrogens with one attached hydrogen (secondary N) is 1. The first-order valence-corrected chi connectivity index (χ1v) is 12.3. The lowest BCUT2D eigenvalue weighted by atomic mass is 9.63. The molecule has 2 aliphatic carbocycles. The van der Waals surface area contributed by atoms with Crippen molar-refractivity contribution < 1.29 is 4.74 Å². The van der Waals surface area contributed by atoms with Gasteiger partial charge in [-0.25, -0.2) is 0 Å². The lowest BCUT2D eigenvalue weighted by Gasteiger charge is -2.47. The van der Waals surface area contributed by atoms with Crippen LogP contribution in [0.15, 0.2) is 109 Å². The molecule has 4 aliphatic rings. The summed E-state index contributed by atoms with van der Waals surface area (Å²) in [5, 5.41) is 3.60. The van der Waals surface area contributed by atoms with Crippen molar-refractivity contribution in [3.05, 3.63) is 131 Å². The molecule has 8 rings (SSSR count). The van der Waals surface area contributed by atoms with E-state index >= 15 is 0 Å². The average Bonchev–Trinajstić information content (AvgIpc) is 3.22. The predicted molar refractivity (Wildman–Crippen MR) is 141 cm³/mol. The third-order valence-corrected chi connectivity index (χ3v) is 8.17. The Morgan fingerprint density at radius 3 is 2.37 bits per heavy atom. The molecule has 3 heteroatoms. The van der Waals surface area contributed by atoms with Gasteiger partial charge < -0.3 is 15.0 Å². The maximum Gasteiger partial charge on any atom is 0.151 e. The van der Waals surface area contributed by atoms with Crippen molar-refractivity contribution in [3.8, 4) is 11.5 Å². The summed E-state index contributed by atoms with van der Waals surface area (Å²) in [7, 11) is 2.08.